The molecule has 1 atom stereocenters. The van der Waals surface area contributed by atoms with E-state index in [0.29, 0.717) is 30.9 Å². The van der Waals surface area contributed by atoms with Crippen LogP contribution in [-0.4, -0.2) is 37.4 Å². The third-order valence-corrected chi connectivity index (χ3v) is 3.29. The van der Waals surface area contributed by atoms with Crippen molar-refractivity contribution in [2.24, 2.45) is 0 Å². The molecule has 6 heteroatoms. The first-order valence-corrected chi connectivity index (χ1v) is 7.37. The Bertz CT molecular complexity index is 447. The Morgan fingerprint density at radius 3 is 2.90 bits per heavy atom. The molecule has 2 heterocycles. The number of aldehydes is 1. The lowest BCUT2D eigenvalue weighted by Gasteiger charge is -2.22. The van der Waals surface area contributed by atoms with E-state index in [4.69, 9.17) is 19.9 Å². The normalized spacial score (nSPS) is 18.4. The molecule has 0 bridgehead atoms. The number of ether oxygens (including phenoxy) is 3. The molecule has 0 aromatic carbocycles. The van der Waals surface area contributed by atoms with Gasteiger partial charge in [0.2, 0.25) is 5.88 Å². The first-order valence-electron chi connectivity index (χ1n) is 7.37. The monoisotopic (exact) mass is 294 g/mol. The molecular weight excluding hydrogens is 272 g/mol. The standard InChI is InChI=1S/C15H22N2O4/c16-15-12(11-18)6-7-13(17-15)19-8-3-4-10-21-14-5-1-2-9-20-14/h6-7,11,14H,1-5,8-10H2,(H2,16,17). The molecule has 2 rings (SSSR count). The SMILES string of the molecule is Nc1nc(OCCCCOC2CCCCO2)ccc1C=O. The van der Waals surface area contributed by atoms with Crippen molar-refractivity contribution < 1.29 is 19.0 Å². The molecule has 1 aliphatic rings. The van der Waals surface area contributed by atoms with Gasteiger partial charge >= 0.3 is 0 Å². The molecule has 21 heavy (non-hydrogen) atoms. The summed E-state index contributed by atoms with van der Waals surface area (Å²) in [6.07, 6.45) is 5.71. The van der Waals surface area contributed by atoms with Gasteiger partial charge in [-0.1, -0.05) is 0 Å². The third-order valence-electron chi connectivity index (χ3n) is 3.29. The lowest BCUT2D eigenvalue weighted by atomic mass is 10.2. The molecule has 1 fully saturated rings. The molecule has 0 amide bonds. The van der Waals surface area contributed by atoms with Crippen LogP contribution in [0.3, 0.4) is 0 Å². The summed E-state index contributed by atoms with van der Waals surface area (Å²) in [5, 5.41) is 0. The van der Waals surface area contributed by atoms with Gasteiger partial charge in [-0.25, -0.2) is 0 Å². The number of carbonyl (C=O) groups excluding carboxylic acids is 1. The number of anilines is 1. The fourth-order valence-electron chi connectivity index (χ4n) is 2.09. The molecule has 1 aliphatic heterocycles. The van der Waals surface area contributed by atoms with Crippen LogP contribution in [0, 0.1) is 0 Å². The summed E-state index contributed by atoms with van der Waals surface area (Å²) in [6.45, 7) is 2.02. The molecule has 1 aromatic rings. The predicted octanol–water partition coefficient (Wildman–Crippen LogP) is 2.18. The Morgan fingerprint density at radius 1 is 1.33 bits per heavy atom. The average molecular weight is 294 g/mol. The second-order valence-corrected chi connectivity index (χ2v) is 4.96. The topological polar surface area (TPSA) is 83.7 Å². The van der Waals surface area contributed by atoms with E-state index in [1.807, 2.05) is 0 Å². The van der Waals surface area contributed by atoms with Crippen LogP contribution < -0.4 is 10.5 Å². The molecule has 0 radical (unpaired) electrons. The second kappa shape index (κ2) is 8.59. The van der Waals surface area contributed by atoms with E-state index >= 15 is 0 Å². The van der Waals surface area contributed by atoms with Crippen molar-refractivity contribution in [1.29, 1.82) is 0 Å². The maximum Gasteiger partial charge on any atom is 0.215 e. The van der Waals surface area contributed by atoms with Gasteiger partial charge in [0.05, 0.1) is 12.2 Å². The molecule has 0 saturated carbocycles. The summed E-state index contributed by atoms with van der Waals surface area (Å²) in [5.74, 6) is 0.634. The van der Waals surface area contributed by atoms with E-state index in [-0.39, 0.29) is 12.1 Å². The summed E-state index contributed by atoms with van der Waals surface area (Å²) in [4.78, 5) is 14.6. The average Bonchev–Trinajstić information content (AvgIpc) is 2.52. The Labute approximate surface area is 124 Å². The maximum absolute atomic E-state index is 10.6. The smallest absolute Gasteiger partial charge is 0.215 e. The van der Waals surface area contributed by atoms with Gasteiger partial charge in [-0.15, -0.1) is 0 Å². The number of carbonyl (C=O) groups is 1. The summed E-state index contributed by atoms with van der Waals surface area (Å²) in [7, 11) is 0. The highest BCUT2D eigenvalue weighted by atomic mass is 16.7. The highest BCUT2D eigenvalue weighted by Gasteiger charge is 2.13. The Kier molecular flexibility index (Phi) is 6.43. The fraction of sp³-hybridized carbons (Fsp3) is 0.600. The first-order chi connectivity index (χ1) is 10.3. The molecule has 116 valence electrons. The van der Waals surface area contributed by atoms with Gasteiger partial charge in [-0.2, -0.15) is 4.98 Å². The van der Waals surface area contributed by atoms with E-state index < -0.39 is 0 Å². The lowest BCUT2D eigenvalue weighted by Crippen LogP contribution is -2.22. The number of nitrogens with two attached hydrogens (primary N) is 1. The molecule has 2 N–H and O–H groups in total. The maximum atomic E-state index is 10.6. The molecule has 1 aromatic heterocycles. The highest BCUT2D eigenvalue weighted by molar-refractivity contribution is 5.81. The quantitative estimate of drug-likeness (QED) is 0.584. The van der Waals surface area contributed by atoms with Crippen molar-refractivity contribution in [2.75, 3.05) is 25.6 Å². The summed E-state index contributed by atoms with van der Waals surface area (Å²) in [5.41, 5.74) is 5.99. The number of nitrogens with zero attached hydrogens (tertiary/aromatic N) is 1. The van der Waals surface area contributed by atoms with E-state index in [2.05, 4.69) is 4.98 Å². The van der Waals surface area contributed by atoms with Gasteiger partial charge in [-0.05, 0) is 38.2 Å². The zero-order chi connectivity index (χ0) is 14.9. The summed E-state index contributed by atoms with van der Waals surface area (Å²) >= 11 is 0. The molecular formula is C15H22N2O4. The molecule has 0 aliphatic carbocycles. The lowest BCUT2D eigenvalue weighted by molar-refractivity contribution is -0.162. The zero-order valence-electron chi connectivity index (χ0n) is 12.1. The second-order valence-electron chi connectivity index (χ2n) is 4.96. The van der Waals surface area contributed by atoms with E-state index in [1.54, 1.807) is 12.1 Å². The van der Waals surface area contributed by atoms with Crippen LogP contribution in [-0.2, 0) is 9.47 Å². The fourth-order valence-corrected chi connectivity index (χ4v) is 2.09. The Hall–Kier alpha value is -1.66. The highest BCUT2D eigenvalue weighted by Crippen LogP contribution is 2.15. The third kappa shape index (κ3) is 5.32. The first kappa shape index (κ1) is 15.7. The van der Waals surface area contributed by atoms with Crippen molar-refractivity contribution in [3.05, 3.63) is 17.7 Å². The van der Waals surface area contributed by atoms with E-state index in [0.717, 1.165) is 32.3 Å². The van der Waals surface area contributed by atoms with Gasteiger partial charge in [0.25, 0.3) is 0 Å². The van der Waals surface area contributed by atoms with Crippen LogP contribution in [0.25, 0.3) is 0 Å². The summed E-state index contributed by atoms with van der Waals surface area (Å²) < 4.78 is 16.6. The van der Waals surface area contributed by atoms with Crippen LogP contribution in [0.1, 0.15) is 42.5 Å². The summed E-state index contributed by atoms with van der Waals surface area (Å²) in [6, 6.07) is 3.25. The van der Waals surface area contributed by atoms with Crippen molar-refractivity contribution in [3.8, 4) is 5.88 Å². The number of pyridine rings is 1. The van der Waals surface area contributed by atoms with E-state index in [9.17, 15) is 4.79 Å². The Morgan fingerprint density at radius 2 is 2.19 bits per heavy atom. The minimum absolute atomic E-state index is 0.0305. The number of nitrogen functional groups attached to an aromatic ring is 1. The van der Waals surface area contributed by atoms with Crippen molar-refractivity contribution in [2.45, 2.75) is 38.4 Å². The van der Waals surface area contributed by atoms with Crippen molar-refractivity contribution in [3.63, 3.8) is 0 Å². The van der Waals surface area contributed by atoms with Crippen LogP contribution in [0.2, 0.25) is 0 Å². The van der Waals surface area contributed by atoms with Gasteiger partial charge < -0.3 is 19.9 Å². The largest absolute Gasteiger partial charge is 0.478 e. The molecule has 1 saturated heterocycles. The molecule has 0 spiro atoms. The van der Waals surface area contributed by atoms with Crippen LogP contribution in [0.4, 0.5) is 5.82 Å². The molecule has 1 unspecified atom stereocenters. The van der Waals surface area contributed by atoms with Crippen LogP contribution >= 0.6 is 0 Å². The van der Waals surface area contributed by atoms with Gasteiger partial charge in [0.15, 0.2) is 12.6 Å². The zero-order valence-corrected chi connectivity index (χ0v) is 12.1. The van der Waals surface area contributed by atoms with Crippen molar-refractivity contribution in [1.82, 2.24) is 4.98 Å². The number of hydrogen-bond acceptors (Lipinski definition) is 6. The number of hydrogen-bond donors (Lipinski definition) is 1. The van der Waals surface area contributed by atoms with Crippen LogP contribution in [0.5, 0.6) is 5.88 Å². The molecule has 6 nitrogen and oxygen atoms in total. The van der Waals surface area contributed by atoms with Gasteiger partial charge in [0, 0.05) is 19.3 Å². The predicted molar refractivity (Wildman–Crippen MR) is 78.3 cm³/mol. The Balaban J connectivity index is 1.57. The number of rotatable bonds is 8. The number of aromatic nitrogens is 1. The van der Waals surface area contributed by atoms with E-state index in [1.165, 1.54) is 6.42 Å². The van der Waals surface area contributed by atoms with Crippen molar-refractivity contribution >= 4 is 12.1 Å². The minimum atomic E-state index is -0.0305. The van der Waals surface area contributed by atoms with Crippen LogP contribution in [0.15, 0.2) is 12.1 Å². The van der Waals surface area contributed by atoms with Gasteiger partial charge in [0.1, 0.15) is 5.82 Å². The minimum Gasteiger partial charge on any atom is -0.478 e. The van der Waals surface area contributed by atoms with Gasteiger partial charge in [-0.3, -0.25) is 4.79 Å². The number of unbranched alkanes of at least 4 members (excludes halogenated alkanes) is 1.